The standard InChI is InChI=1S/C22H21NO2/c24-14-21(18-11-10-15-6-4-5-9-17(15)12-18)23-22(25)20-13-19(20)16-7-2-1-3-8-16/h1-12,19-21,24H,13-14H2,(H,23,25)/t19-,20+,21+/m1/s1. The Hall–Kier alpha value is -2.65. The van der Waals surface area contributed by atoms with Gasteiger partial charge in [-0.25, -0.2) is 0 Å². The fourth-order valence-electron chi connectivity index (χ4n) is 3.49. The largest absolute Gasteiger partial charge is 0.394 e. The first kappa shape index (κ1) is 15.9. The zero-order valence-corrected chi connectivity index (χ0v) is 13.9. The molecular formula is C22H21NO2. The number of aliphatic hydroxyl groups excluding tert-OH is 1. The summed E-state index contributed by atoms with van der Waals surface area (Å²) in [7, 11) is 0. The summed E-state index contributed by atoms with van der Waals surface area (Å²) in [4.78, 5) is 12.6. The van der Waals surface area contributed by atoms with Gasteiger partial charge in [-0.15, -0.1) is 0 Å². The normalized spacial score (nSPS) is 20.2. The molecule has 3 nitrogen and oxygen atoms in total. The Labute approximate surface area is 147 Å². The van der Waals surface area contributed by atoms with Gasteiger partial charge in [-0.2, -0.15) is 0 Å². The molecule has 25 heavy (non-hydrogen) atoms. The second-order valence-corrected chi connectivity index (χ2v) is 6.71. The summed E-state index contributed by atoms with van der Waals surface area (Å²) in [6, 6.07) is 23.9. The van der Waals surface area contributed by atoms with Crippen LogP contribution in [0.2, 0.25) is 0 Å². The molecule has 0 saturated heterocycles. The summed E-state index contributed by atoms with van der Waals surface area (Å²) >= 11 is 0. The van der Waals surface area contributed by atoms with Crippen LogP contribution in [0, 0.1) is 5.92 Å². The van der Waals surface area contributed by atoms with Crippen LogP contribution < -0.4 is 5.32 Å². The topological polar surface area (TPSA) is 49.3 Å². The molecule has 0 unspecified atom stereocenters. The predicted octanol–water partition coefficient (Wildman–Crippen LogP) is 3.79. The molecule has 0 radical (unpaired) electrons. The van der Waals surface area contributed by atoms with Crippen molar-refractivity contribution in [1.82, 2.24) is 5.32 Å². The lowest BCUT2D eigenvalue weighted by molar-refractivity contribution is -0.123. The molecule has 0 aromatic heterocycles. The Bertz CT molecular complexity index is 891. The first-order chi connectivity index (χ1) is 12.3. The zero-order valence-electron chi connectivity index (χ0n) is 13.9. The number of carbonyl (C=O) groups excluding carboxylic acids is 1. The van der Waals surface area contributed by atoms with Crippen molar-refractivity contribution in [2.45, 2.75) is 18.4 Å². The number of benzene rings is 3. The first-order valence-corrected chi connectivity index (χ1v) is 8.71. The van der Waals surface area contributed by atoms with E-state index in [1.807, 2.05) is 54.6 Å². The Balaban J connectivity index is 1.47. The molecule has 0 aliphatic heterocycles. The van der Waals surface area contributed by atoms with Gasteiger partial charge in [0.25, 0.3) is 0 Å². The molecule has 0 heterocycles. The first-order valence-electron chi connectivity index (χ1n) is 8.71. The monoisotopic (exact) mass is 331 g/mol. The predicted molar refractivity (Wildman–Crippen MR) is 99.2 cm³/mol. The van der Waals surface area contributed by atoms with Gasteiger partial charge >= 0.3 is 0 Å². The van der Waals surface area contributed by atoms with Gasteiger partial charge in [-0.3, -0.25) is 4.79 Å². The summed E-state index contributed by atoms with van der Waals surface area (Å²) in [6.07, 6.45) is 0.881. The van der Waals surface area contributed by atoms with E-state index in [0.717, 1.165) is 22.8 Å². The van der Waals surface area contributed by atoms with Crippen molar-refractivity contribution in [3.8, 4) is 0 Å². The number of hydrogen-bond donors (Lipinski definition) is 2. The van der Waals surface area contributed by atoms with E-state index in [9.17, 15) is 9.90 Å². The number of aliphatic hydroxyl groups is 1. The molecule has 1 aliphatic rings. The lowest BCUT2D eigenvalue weighted by Gasteiger charge is -2.17. The minimum Gasteiger partial charge on any atom is -0.394 e. The number of fused-ring (bicyclic) bond motifs is 1. The van der Waals surface area contributed by atoms with E-state index in [4.69, 9.17) is 0 Å². The van der Waals surface area contributed by atoms with Crippen molar-refractivity contribution in [1.29, 1.82) is 0 Å². The van der Waals surface area contributed by atoms with E-state index in [1.165, 1.54) is 5.56 Å². The van der Waals surface area contributed by atoms with Crippen LogP contribution in [-0.2, 0) is 4.79 Å². The van der Waals surface area contributed by atoms with Crippen molar-refractivity contribution in [2.75, 3.05) is 6.61 Å². The van der Waals surface area contributed by atoms with Crippen molar-refractivity contribution in [3.63, 3.8) is 0 Å². The number of nitrogens with one attached hydrogen (secondary N) is 1. The third-order valence-electron chi connectivity index (χ3n) is 5.03. The maximum absolute atomic E-state index is 12.6. The highest BCUT2D eigenvalue weighted by atomic mass is 16.3. The van der Waals surface area contributed by atoms with E-state index >= 15 is 0 Å². The van der Waals surface area contributed by atoms with Gasteiger partial charge in [0.1, 0.15) is 0 Å². The molecule has 126 valence electrons. The van der Waals surface area contributed by atoms with Crippen LogP contribution in [-0.4, -0.2) is 17.6 Å². The maximum atomic E-state index is 12.6. The lowest BCUT2D eigenvalue weighted by Crippen LogP contribution is -2.32. The average molecular weight is 331 g/mol. The molecule has 1 amide bonds. The molecule has 0 bridgehead atoms. The van der Waals surface area contributed by atoms with E-state index in [-0.39, 0.29) is 24.5 Å². The highest BCUT2D eigenvalue weighted by Crippen LogP contribution is 2.47. The minimum absolute atomic E-state index is 0.0110. The fourth-order valence-corrected chi connectivity index (χ4v) is 3.49. The van der Waals surface area contributed by atoms with Crippen LogP contribution in [0.3, 0.4) is 0 Å². The van der Waals surface area contributed by atoms with Gasteiger partial charge in [-0.05, 0) is 40.3 Å². The van der Waals surface area contributed by atoms with Crippen LogP contribution in [0.15, 0.2) is 72.8 Å². The van der Waals surface area contributed by atoms with Gasteiger partial charge in [0, 0.05) is 5.92 Å². The molecule has 1 aliphatic carbocycles. The molecule has 4 rings (SSSR count). The summed E-state index contributed by atoms with van der Waals surface area (Å²) in [5.41, 5.74) is 2.15. The van der Waals surface area contributed by atoms with Crippen LogP contribution in [0.5, 0.6) is 0 Å². The molecule has 3 heteroatoms. The van der Waals surface area contributed by atoms with Crippen LogP contribution in [0.1, 0.15) is 29.5 Å². The van der Waals surface area contributed by atoms with Crippen molar-refractivity contribution < 1.29 is 9.90 Å². The van der Waals surface area contributed by atoms with E-state index in [1.54, 1.807) is 0 Å². The molecule has 3 aromatic carbocycles. The van der Waals surface area contributed by atoms with Gasteiger partial charge < -0.3 is 10.4 Å². The molecule has 0 spiro atoms. The van der Waals surface area contributed by atoms with Crippen molar-refractivity contribution >= 4 is 16.7 Å². The SMILES string of the molecule is O=C(N[C@@H](CO)c1ccc2ccccc2c1)[C@H]1C[C@@H]1c1ccccc1. The number of amides is 1. The highest BCUT2D eigenvalue weighted by molar-refractivity contribution is 5.85. The molecule has 2 N–H and O–H groups in total. The van der Waals surface area contributed by atoms with Gasteiger partial charge in [-0.1, -0.05) is 66.7 Å². The number of hydrogen-bond acceptors (Lipinski definition) is 2. The highest BCUT2D eigenvalue weighted by Gasteiger charge is 2.44. The summed E-state index contributed by atoms with van der Waals surface area (Å²) in [5.74, 6) is 0.343. The molecule has 3 aromatic rings. The minimum atomic E-state index is -0.367. The lowest BCUT2D eigenvalue weighted by atomic mass is 10.0. The average Bonchev–Trinajstić information content (AvgIpc) is 3.47. The van der Waals surface area contributed by atoms with Crippen molar-refractivity contribution in [3.05, 3.63) is 83.9 Å². The molecule has 1 saturated carbocycles. The van der Waals surface area contributed by atoms with Crippen LogP contribution in [0.25, 0.3) is 10.8 Å². The van der Waals surface area contributed by atoms with Crippen LogP contribution >= 0.6 is 0 Å². The quantitative estimate of drug-likeness (QED) is 0.747. The van der Waals surface area contributed by atoms with Gasteiger partial charge in [0.2, 0.25) is 5.91 Å². The second-order valence-electron chi connectivity index (χ2n) is 6.71. The van der Waals surface area contributed by atoms with Crippen molar-refractivity contribution in [2.24, 2.45) is 5.92 Å². The third kappa shape index (κ3) is 3.28. The second kappa shape index (κ2) is 6.69. The zero-order chi connectivity index (χ0) is 17.2. The summed E-state index contributed by atoms with van der Waals surface area (Å²) in [6.45, 7) is -0.104. The Morgan fingerprint density at radius 3 is 2.48 bits per heavy atom. The van der Waals surface area contributed by atoms with E-state index < -0.39 is 0 Å². The van der Waals surface area contributed by atoms with E-state index in [0.29, 0.717) is 5.92 Å². The smallest absolute Gasteiger partial charge is 0.224 e. The fraction of sp³-hybridized carbons (Fsp3) is 0.227. The Kier molecular flexibility index (Phi) is 4.24. The third-order valence-corrected chi connectivity index (χ3v) is 5.03. The van der Waals surface area contributed by atoms with Crippen LogP contribution in [0.4, 0.5) is 0 Å². The van der Waals surface area contributed by atoms with Gasteiger partial charge in [0.15, 0.2) is 0 Å². The number of carbonyl (C=O) groups is 1. The van der Waals surface area contributed by atoms with E-state index in [2.05, 4.69) is 23.5 Å². The van der Waals surface area contributed by atoms with Gasteiger partial charge in [0.05, 0.1) is 12.6 Å². The maximum Gasteiger partial charge on any atom is 0.224 e. The summed E-state index contributed by atoms with van der Waals surface area (Å²) in [5, 5.41) is 15.1. The molecular weight excluding hydrogens is 310 g/mol. The molecule has 3 atom stereocenters. The Morgan fingerprint density at radius 2 is 1.72 bits per heavy atom. The summed E-state index contributed by atoms with van der Waals surface area (Å²) < 4.78 is 0. The molecule has 1 fully saturated rings. The Morgan fingerprint density at radius 1 is 1.00 bits per heavy atom. The number of rotatable bonds is 5.